The van der Waals surface area contributed by atoms with Crippen LogP contribution in [0.2, 0.25) is 0 Å². The third-order valence-corrected chi connectivity index (χ3v) is 8.66. The molecule has 2 amide bonds. The highest BCUT2D eigenvalue weighted by molar-refractivity contribution is 5.97. The summed E-state index contributed by atoms with van der Waals surface area (Å²) in [6.45, 7) is 5.55. The molecule has 2 aromatic carbocycles. The van der Waals surface area contributed by atoms with Gasteiger partial charge in [0.05, 0.1) is 7.11 Å². The highest BCUT2D eigenvalue weighted by Gasteiger charge is 2.53. The van der Waals surface area contributed by atoms with Crippen molar-refractivity contribution in [1.82, 2.24) is 9.80 Å². The first-order valence-electron chi connectivity index (χ1n) is 15.2. The summed E-state index contributed by atoms with van der Waals surface area (Å²) in [6.07, 6.45) is 0.566. The molecule has 10 nitrogen and oxygen atoms in total. The van der Waals surface area contributed by atoms with Crippen LogP contribution in [0, 0.1) is 12.8 Å². The summed E-state index contributed by atoms with van der Waals surface area (Å²) in [7, 11) is 1.22. The van der Waals surface area contributed by atoms with Crippen LogP contribution in [-0.4, -0.2) is 77.4 Å². The van der Waals surface area contributed by atoms with E-state index in [1.165, 1.54) is 18.9 Å². The number of hydrogen-bond donors (Lipinski definition) is 0. The first kappa shape index (κ1) is 32.7. The molecule has 4 rings (SSSR count). The van der Waals surface area contributed by atoms with E-state index in [1.807, 2.05) is 61.5 Å². The second-order valence-corrected chi connectivity index (χ2v) is 11.8. The highest BCUT2D eigenvalue weighted by Crippen LogP contribution is 2.38. The molecule has 0 spiro atoms. The number of esters is 2. The normalized spacial score (nSPS) is 21.0. The molecular weight excluding hydrogens is 564 g/mol. The Kier molecular flexibility index (Phi) is 10.8. The van der Waals surface area contributed by atoms with Crippen LogP contribution in [0.1, 0.15) is 62.6 Å². The number of rotatable bonds is 11. The van der Waals surface area contributed by atoms with Gasteiger partial charge in [0, 0.05) is 32.9 Å². The molecule has 0 bridgehead atoms. The first-order chi connectivity index (χ1) is 21.1. The number of ether oxygens (including phenoxy) is 3. The van der Waals surface area contributed by atoms with E-state index in [0.29, 0.717) is 38.8 Å². The van der Waals surface area contributed by atoms with E-state index in [9.17, 15) is 24.0 Å². The number of hydrogen-bond acceptors (Lipinski definition) is 8. The topological polar surface area (TPSA) is 120 Å². The molecule has 4 atom stereocenters. The average Bonchev–Trinajstić information content (AvgIpc) is 3.66. The van der Waals surface area contributed by atoms with Crippen molar-refractivity contribution >= 4 is 29.7 Å². The van der Waals surface area contributed by atoms with Crippen molar-refractivity contribution in [2.75, 3.05) is 20.2 Å². The number of Topliss-reactive ketones (excluding diaryl/α,β-unsaturated/α-hetero) is 1. The molecule has 2 aromatic rings. The van der Waals surface area contributed by atoms with Crippen LogP contribution in [0.4, 0.5) is 4.79 Å². The summed E-state index contributed by atoms with van der Waals surface area (Å²) in [5.74, 6) is -2.90. The van der Waals surface area contributed by atoms with Crippen molar-refractivity contribution in [2.24, 2.45) is 5.92 Å². The fourth-order valence-corrected chi connectivity index (χ4v) is 6.48. The number of carbonyl (C=O) groups is 5. The standard InChI is InChI=1S/C34H42N2O8/c1-23-11-8-14-27(19-23)21-34(30(38)20-28(32(40)42-4)24(2)44-25(3)37)16-10-18-36(34)31(39)29-15-9-17-35(29)33(41)43-22-26-12-6-5-7-13-26/h5-8,11-14,19,24,28-29H,9-10,15-18,20-22H2,1-4H3/t24?,28-,29-,34?/m0/s1. The van der Waals surface area contributed by atoms with Gasteiger partial charge in [0.25, 0.3) is 0 Å². The van der Waals surface area contributed by atoms with Crippen LogP contribution in [0.3, 0.4) is 0 Å². The molecule has 2 saturated heterocycles. The van der Waals surface area contributed by atoms with Crippen molar-refractivity contribution in [1.29, 1.82) is 0 Å². The predicted molar refractivity (Wildman–Crippen MR) is 161 cm³/mol. The van der Waals surface area contributed by atoms with Gasteiger partial charge in [-0.1, -0.05) is 60.2 Å². The zero-order chi connectivity index (χ0) is 31.9. The summed E-state index contributed by atoms with van der Waals surface area (Å²) in [6, 6.07) is 16.3. The lowest BCUT2D eigenvalue weighted by Crippen LogP contribution is -2.59. The van der Waals surface area contributed by atoms with Gasteiger partial charge in [-0.3, -0.25) is 24.1 Å². The van der Waals surface area contributed by atoms with Gasteiger partial charge in [-0.05, 0) is 50.7 Å². The Hall–Kier alpha value is -4.21. The molecule has 0 aromatic heterocycles. The van der Waals surface area contributed by atoms with Gasteiger partial charge in [0.2, 0.25) is 5.91 Å². The van der Waals surface area contributed by atoms with Crippen molar-refractivity contribution in [3.05, 3.63) is 71.3 Å². The van der Waals surface area contributed by atoms with Gasteiger partial charge in [-0.2, -0.15) is 0 Å². The average molecular weight is 607 g/mol. The second-order valence-electron chi connectivity index (χ2n) is 11.8. The molecule has 0 aliphatic carbocycles. The molecule has 44 heavy (non-hydrogen) atoms. The Morgan fingerprint density at radius 2 is 1.70 bits per heavy atom. The van der Waals surface area contributed by atoms with Gasteiger partial charge in [0.15, 0.2) is 5.78 Å². The molecule has 0 saturated carbocycles. The zero-order valence-corrected chi connectivity index (χ0v) is 26.0. The van der Waals surface area contributed by atoms with Gasteiger partial charge >= 0.3 is 18.0 Å². The van der Waals surface area contributed by atoms with Crippen LogP contribution < -0.4 is 0 Å². The number of carbonyl (C=O) groups excluding carboxylic acids is 5. The minimum Gasteiger partial charge on any atom is -0.469 e. The van der Waals surface area contributed by atoms with Crippen molar-refractivity contribution in [3.63, 3.8) is 0 Å². The zero-order valence-electron chi connectivity index (χ0n) is 26.0. The summed E-state index contributed by atoms with van der Waals surface area (Å²) >= 11 is 0. The largest absolute Gasteiger partial charge is 0.469 e. The maximum Gasteiger partial charge on any atom is 0.410 e. The van der Waals surface area contributed by atoms with Crippen molar-refractivity contribution in [3.8, 4) is 0 Å². The number of nitrogens with zero attached hydrogens (tertiary/aromatic N) is 2. The Balaban J connectivity index is 1.62. The molecule has 2 aliphatic rings. The molecule has 10 heteroatoms. The second kappa shape index (κ2) is 14.5. The fraction of sp³-hybridized carbons (Fsp3) is 0.500. The minimum absolute atomic E-state index is 0.0893. The number of amides is 2. The molecular formula is C34H42N2O8. The maximum absolute atomic E-state index is 14.4. The lowest BCUT2D eigenvalue weighted by atomic mass is 9.79. The van der Waals surface area contributed by atoms with Gasteiger partial charge in [-0.15, -0.1) is 0 Å². The molecule has 0 radical (unpaired) electrons. The third-order valence-electron chi connectivity index (χ3n) is 8.66. The molecule has 2 fully saturated rings. The van der Waals surface area contributed by atoms with E-state index in [-0.39, 0.29) is 31.1 Å². The molecule has 2 unspecified atom stereocenters. The third kappa shape index (κ3) is 7.46. The Morgan fingerprint density at radius 3 is 2.39 bits per heavy atom. The molecule has 2 heterocycles. The fourth-order valence-electron chi connectivity index (χ4n) is 6.48. The summed E-state index contributed by atoms with van der Waals surface area (Å²) in [5.41, 5.74) is 1.48. The van der Waals surface area contributed by atoms with Gasteiger partial charge in [0.1, 0.15) is 30.2 Å². The summed E-state index contributed by atoms with van der Waals surface area (Å²) < 4.78 is 15.8. The predicted octanol–water partition coefficient (Wildman–Crippen LogP) is 4.40. The molecule has 236 valence electrons. The Labute approximate surface area is 258 Å². The lowest BCUT2D eigenvalue weighted by molar-refractivity contribution is -0.161. The lowest BCUT2D eigenvalue weighted by Gasteiger charge is -2.40. The number of benzene rings is 2. The van der Waals surface area contributed by atoms with E-state index in [1.54, 1.807) is 11.8 Å². The minimum atomic E-state index is -1.25. The van der Waals surface area contributed by atoms with E-state index < -0.39 is 41.6 Å². The number of ketones is 1. The Bertz CT molecular complexity index is 1360. The van der Waals surface area contributed by atoms with E-state index in [4.69, 9.17) is 14.2 Å². The van der Waals surface area contributed by atoms with E-state index in [2.05, 4.69) is 0 Å². The van der Waals surface area contributed by atoms with E-state index in [0.717, 1.165) is 16.7 Å². The number of aryl methyl sites for hydroxylation is 1. The SMILES string of the molecule is COC(=O)[C@@H](CC(=O)C1(Cc2cccc(C)c2)CCCN1C(=O)[C@@H]1CCCN1C(=O)OCc1ccccc1)C(C)OC(C)=O. The van der Waals surface area contributed by atoms with Crippen molar-refractivity contribution < 1.29 is 38.2 Å². The summed E-state index contributed by atoms with van der Waals surface area (Å²) in [5, 5.41) is 0. The van der Waals surface area contributed by atoms with Crippen LogP contribution in [0.5, 0.6) is 0 Å². The smallest absolute Gasteiger partial charge is 0.410 e. The van der Waals surface area contributed by atoms with Crippen molar-refractivity contribution in [2.45, 2.75) is 83.6 Å². The maximum atomic E-state index is 14.4. The quantitative estimate of drug-likeness (QED) is 0.273. The molecule has 0 N–H and O–H groups in total. The Morgan fingerprint density at radius 1 is 0.977 bits per heavy atom. The van der Waals surface area contributed by atoms with Crippen LogP contribution in [0.25, 0.3) is 0 Å². The van der Waals surface area contributed by atoms with Gasteiger partial charge < -0.3 is 19.1 Å². The monoisotopic (exact) mass is 606 g/mol. The number of methoxy groups -OCH3 is 1. The first-order valence-corrected chi connectivity index (χ1v) is 15.2. The van der Waals surface area contributed by atoms with Gasteiger partial charge in [-0.25, -0.2) is 4.79 Å². The highest BCUT2D eigenvalue weighted by atomic mass is 16.6. The van der Waals surface area contributed by atoms with Crippen LogP contribution in [0.15, 0.2) is 54.6 Å². The number of likely N-dealkylation sites (tertiary alicyclic amines) is 2. The summed E-state index contributed by atoms with van der Waals surface area (Å²) in [4.78, 5) is 69.5. The van der Waals surface area contributed by atoms with Crippen LogP contribution >= 0.6 is 0 Å². The van der Waals surface area contributed by atoms with Crippen LogP contribution in [-0.2, 0) is 46.4 Å². The molecule has 2 aliphatic heterocycles. The van der Waals surface area contributed by atoms with E-state index >= 15 is 0 Å².